The van der Waals surface area contributed by atoms with Gasteiger partial charge in [-0.3, -0.25) is 0 Å². The standard InChI is InChI=1S/C16H25N/c1-12-8-13(2)10-14(9-12)11-16(17)15-6-4-3-5-7-15/h8-10,15-16H,3-7,11,17H2,1-2H3. The molecule has 1 aliphatic rings. The van der Waals surface area contributed by atoms with Crippen LogP contribution < -0.4 is 5.73 Å². The highest BCUT2D eigenvalue weighted by Crippen LogP contribution is 2.27. The van der Waals surface area contributed by atoms with E-state index in [4.69, 9.17) is 5.73 Å². The maximum absolute atomic E-state index is 6.38. The molecule has 0 heterocycles. The predicted molar refractivity (Wildman–Crippen MR) is 74.2 cm³/mol. The topological polar surface area (TPSA) is 26.0 Å². The third-order valence-corrected chi connectivity index (χ3v) is 4.01. The van der Waals surface area contributed by atoms with E-state index in [2.05, 4.69) is 32.0 Å². The van der Waals surface area contributed by atoms with Crippen LogP contribution in [-0.4, -0.2) is 6.04 Å². The molecule has 2 N–H and O–H groups in total. The Morgan fingerprint density at radius 2 is 1.65 bits per heavy atom. The molecule has 17 heavy (non-hydrogen) atoms. The lowest BCUT2D eigenvalue weighted by Gasteiger charge is -2.27. The van der Waals surface area contributed by atoms with Crippen LogP contribution in [0.25, 0.3) is 0 Å². The Kier molecular flexibility index (Phi) is 4.22. The van der Waals surface area contributed by atoms with Gasteiger partial charge in [-0.15, -0.1) is 0 Å². The van der Waals surface area contributed by atoms with Gasteiger partial charge in [0.25, 0.3) is 0 Å². The van der Waals surface area contributed by atoms with Crippen molar-refractivity contribution >= 4 is 0 Å². The van der Waals surface area contributed by atoms with E-state index in [9.17, 15) is 0 Å². The highest BCUT2D eigenvalue weighted by molar-refractivity contribution is 5.29. The van der Waals surface area contributed by atoms with Crippen LogP contribution in [0.5, 0.6) is 0 Å². The zero-order valence-corrected chi connectivity index (χ0v) is 11.2. The lowest BCUT2D eigenvalue weighted by Crippen LogP contribution is -2.33. The molecule has 0 spiro atoms. The normalized spacial score (nSPS) is 19.2. The second-order valence-corrected chi connectivity index (χ2v) is 5.76. The molecule has 1 nitrogen and oxygen atoms in total. The largest absolute Gasteiger partial charge is 0.327 e. The molecule has 0 radical (unpaired) electrons. The maximum Gasteiger partial charge on any atom is 0.0108 e. The number of rotatable bonds is 3. The summed E-state index contributed by atoms with van der Waals surface area (Å²) in [6.45, 7) is 4.34. The Labute approximate surface area is 105 Å². The summed E-state index contributed by atoms with van der Waals surface area (Å²) in [6, 6.07) is 7.16. The first kappa shape index (κ1) is 12.6. The van der Waals surface area contributed by atoms with Crippen molar-refractivity contribution in [1.29, 1.82) is 0 Å². The summed E-state index contributed by atoms with van der Waals surface area (Å²) in [5.74, 6) is 0.754. The van der Waals surface area contributed by atoms with E-state index >= 15 is 0 Å². The minimum absolute atomic E-state index is 0.358. The molecular weight excluding hydrogens is 206 g/mol. The summed E-state index contributed by atoms with van der Waals surface area (Å²) in [7, 11) is 0. The summed E-state index contributed by atoms with van der Waals surface area (Å²) in [4.78, 5) is 0. The third kappa shape index (κ3) is 3.57. The molecule has 0 amide bonds. The Balaban J connectivity index is 1.99. The van der Waals surface area contributed by atoms with Crippen molar-refractivity contribution in [2.45, 2.75) is 58.4 Å². The number of benzene rings is 1. The summed E-state index contributed by atoms with van der Waals surface area (Å²) in [6.07, 6.45) is 7.90. The van der Waals surface area contributed by atoms with E-state index in [0.29, 0.717) is 6.04 Å². The van der Waals surface area contributed by atoms with Crippen molar-refractivity contribution in [3.05, 3.63) is 34.9 Å². The Morgan fingerprint density at radius 1 is 1.06 bits per heavy atom. The average Bonchev–Trinajstić information content (AvgIpc) is 2.28. The van der Waals surface area contributed by atoms with Gasteiger partial charge in [0.15, 0.2) is 0 Å². The van der Waals surface area contributed by atoms with Gasteiger partial charge >= 0.3 is 0 Å². The van der Waals surface area contributed by atoms with Gasteiger partial charge in [0.1, 0.15) is 0 Å². The molecule has 1 atom stereocenters. The molecule has 1 unspecified atom stereocenters. The molecule has 1 aromatic carbocycles. The second kappa shape index (κ2) is 5.68. The van der Waals surface area contributed by atoms with E-state index in [-0.39, 0.29) is 0 Å². The van der Waals surface area contributed by atoms with E-state index < -0.39 is 0 Å². The van der Waals surface area contributed by atoms with Crippen molar-refractivity contribution in [3.63, 3.8) is 0 Å². The fraction of sp³-hybridized carbons (Fsp3) is 0.625. The average molecular weight is 231 g/mol. The van der Waals surface area contributed by atoms with Crippen LogP contribution in [0.2, 0.25) is 0 Å². The van der Waals surface area contributed by atoms with Gasteiger partial charge < -0.3 is 5.73 Å². The van der Waals surface area contributed by atoms with Crippen molar-refractivity contribution < 1.29 is 0 Å². The summed E-state index contributed by atoms with van der Waals surface area (Å²) in [5.41, 5.74) is 10.5. The van der Waals surface area contributed by atoms with Crippen LogP contribution in [-0.2, 0) is 6.42 Å². The number of aryl methyl sites for hydroxylation is 2. The first-order chi connectivity index (χ1) is 8.15. The van der Waals surface area contributed by atoms with E-state index in [1.807, 2.05) is 0 Å². The molecule has 0 bridgehead atoms. The SMILES string of the molecule is Cc1cc(C)cc(CC(N)C2CCCCC2)c1. The molecule has 2 rings (SSSR count). The molecule has 0 aromatic heterocycles. The first-order valence-electron chi connectivity index (χ1n) is 6.98. The molecule has 94 valence electrons. The summed E-state index contributed by atoms with van der Waals surface area (Å²) in [5, 5.41) is 0. The Bertz CT molecular complexity index is 344. The molecule has 1 heteroatoms. The second-order valence-electron chi connectivity index (χ2n) is 5.76. The third-order valence-electron chi connectivity index (χ3n) is 4.01. The van der Waals surface area contributed by atoms with Gasteiger partial charge in [0.05, 0.1) is 0 Å². The van der Waals surface area contributed by atoms with Crippen LogP contribution in [0.4, 0.5) is 0 Å². The fourth-order valence-corrected chi connectivity index (χ4v) is 3.19. The zero-order chi connectivity index (χ0) is 12.3. The molecule has 1 saturated carbocycles. The molecule has 0 aliphatic heterocycles. The molecule has 1 aromatic rings. The highest BCUT2D eigenvalue weighted by Gasteiger charge is 2.20. The smallest absolute Gasteiger partial charge is 0.0108 e. The fourth-order valence-electron chi connectivity index (χ4n) is 3.19. The van der Waals surface area contributed by atoms with E-state index in [1.54, 1.807) is 0 Å². The minimum atomic E-state index is 0.358. The van der Waals surface area contributed by atoms with Gasteiger partial charge in [-0.25, -0.2) is 0 Å². The quantitative estimate of drug-likeness (QED) is 0.842. The van der Waals surface area contributed by atoms with Crippen molar-refractivity contribution in [2.24, 2.45) is 11.7 Å². The highest BCUT2D eigenvalue weighted by atomic mass is 14.6. The van der Waals surface area contributed by atoms with E-state index in [1.165, 1.54) is 48.8 Å². The van der Waals surface area contributed by atoms with Crippen molar-refractivity contribution in [3.8, 4) is 0 Å². The summed E-state index contributed by atoms with van der Waals surface area (Å²) >= 11 is 0. The lowest BCUT2D eigenvalue weighted by molar-refractivity contribution is 0.303. The van der Waals surface area contributed by atoms with Gasteiger partial charge in [-0.05, 0) is 44.6 Å². The summed E-state index contributed by atoms with van der Waals surface area (Å²) < 4.78 is 0. The lowest BCUT2D eigenvalue weighted by atomic mass is 9.82. The van der Waals surface area contributed by atoms with Crippen LogP contribution in [0.15, 0.2) is 18.2 Å². The van der Waals surface area contributed by atoms with Crippen LogP contribution in [0.1, 0.15) is 48.8 Å². The predicted octanol–water partition coefficient (Wildman–Crippen LogP) is 3.75. The number of hydrogen-bond donors (Lipinski definition) is 1. The minimum Gasteiger partial charge on any atom is -0.327 e. The van der Waals surface area contributed by atoms with Gasteiger partial charge in [0.2, 0.25) is 0 Å². The van der Waals surface area contributed by atoms with Crippen LogP contribution in [0, 0.1) is 19.8 Å². The van der Waals surface area contributed by atoms with E-state index in [0.717, 1.165) is 12.3 Å². The van der Waals surface area contributed by atoms with Crippen LogP contribution >= 0.6 is 0 Å². The van der Waals surface area contributed by atoms with Gasteiger partial charge in [-0.2, -0.15) is 0 Å². The molecular formula is C16H25N. The van der Waals surface area contributed by atoms with Gasteiger partial charge in [-0.1, -0.05) is 48.6 Å². The number of hydrogen-bond acceptors (Lipinski definition) is 1. The zero-order valence-electron chi connectivity index (χ0n) is 11.2. The van der Waals surface area contributed by atoms with Crippen LogP contribution in [0.3, 0.4) is 0 Å². The van der Waals surface area contributed by atoms with Gasteiger partial charge in [0, 0.05) is 6.04 Å². The molecule has 1 fully saturated rings. The monoisotopic (exact) mass is 231 g/mol. The Morgan fingerprint density at radius 3 is 2.24 bits per heavy atom. The maximum atomic E-state index is 6.38. The molecule has 0 saturated heterocycles. The first-order valence-corrected chi connectivity index (χ1v) is 6.98. The Hall–Kier alpha value is -0.820. The van der Waals surface area contributed by atoms with Crippen molar-refractivity contribution in [1.82, 2.24) is 0 Å². The van der Waals surface area contributed by atoms with Crippen molar-refractivity contribution in [2.75, 3.05) is 0 Å². The molecule has 1 aliphatic carbocycles. The number of nitrogens with two attached hydrogens (primary N) is 1.